The lowest BCUT2D eigenvalue weighted by Crippen LogP contribution is -3.00. The first-order valence-corrected chi connectivity index (χ1v) is 6.20. The normalized spacial score (nSPS) is 10.5. The molecule has 0 aliphatic rings. The van der Waals surface area contributed by atoms with Gasteiger partial charge in [-0.2, -0.15) is 4.57 Å². The molecule has 3 heteroatoms. The lowest BCUT2D eigenvalue weighted by Gasteiger charge is -2.00. The number of hydrogen-bond acceptors (Lipinski definition) is 0. The van der Waals surface area contributed by atoms with Crippen molar-refractivity contribution >= 4 is 11.0 Å². The van der Waals surface area contributed by atoms with E-state index in [4.69, 9.17) is 0 Å². The molecule has 0 saturated carbocycles. The maximum absolute atomic E-state index is 2.26. The standard InChI is InChI=1S/C16H17N2.HI/c1-12-9-15-16(10-13(12)2)18(11-17(15)3)14-7-5-4-6-8-14;/h4-11H,1-3H3;1H/q+1;/p-1. The Hall–Kier alpha value is -1.36. The van der Waals surface area contributed by atoms with Gasteiger partial charge in [0.05, 0.1) is 7.05 Å². The van der Waals surface area contributed by atoms with Crippen molar-refractivity contribution in [1.82, 2.24) is 4.57 Å². The summed E-state index contributed by atoms with van der Waals surface area (Å²) in [5.41, 5.74) is 6.39. The molecule has 0 N–H and O–H groups in total. The molecule has 0 aliphatic heterocycles. The zero-order chi connectivity index (χ0) is 12.7. The molecule has 0 amide bonds. The molecule has 0 saturated heterocycles. The fourth-order valence-electron chi connectivity index (χ4n) is 2.35. The third-order valence-corrected chi connectivity index (χ3v) is 3.55. The van der Waals surface area contributed by atoms with Crippen molar-refractivity contribution in [2.45, 2.75) is 13.8 Å². The van der Waals surface area contributed by atoms with Crippen LogP contribution in [0.5, 0.6) is 0 Å². The van der Waals surface area contributed by atoms with E-state index in [2.05, 4.69) is 72.8 Å². The monoisotopic (exact) mass is 364 g/mol. The van der Waals surface area contributed by atoms with Gasteiger partial charge in [-0.15, -0.1) is 0 Å². The Kier molecular flexibility index (Phi) is 3.94. The van der Waals surface area contributed by atoms with Crippen LogP contribution in [-0.4, -0.2) is 4.57 Å². The van der Waals surface area contributed by atoms with Gasteiger partial charge in [0, 0.05) is 0 Å². The zero-order valence-electron chi connectivity index (χ0n) is 11.4. The third-order valence-electron chi connectivity index (χ3n) is 3.55. The minimum Gasteiger partial charge on any atom is -1.00 e. The maximum atomic E-state index is 2.26. The first-order valence-electron chi connectivity index (χ1n) is 6.20. The second-order valence-corrected chi connectivity index (χ2v) is 4.86. The molecule has 1 aromatic heterocycles. The molecule has 0 spiro atoms. The van der Waals surface area contributed by atoms with E-state index in [9.17, 15) is 0 Å². The number of fused-ring (bicyclic) bond motifs is 1. The molecule has 1 heterocycles. The van der Waals surface area contributed by atoms with Crippen LogP contribution in [0.1, 0.15) is 11.1 Å². The predicted molar refractivity (Wildman–Crippen MR) is 73.9 cm³/mol. The van der Waals surface area contributed by atoms with E-state index in [0.29, 0.717) is 0 Å². The van der Waals surface area contributed by atoms with Crippen LogP contribution in [0.3, 0.4) is 0 Å². The average Bonchev–Trinajstić information content (AvgIpc) is 2.69. The summed E-state index contributed by atoms with van der Waals surface area (Å²) in [5, 5.41) is 0. The van der Waals surface area contributed by atoms with Gasteiger partial charge in [-0.1, -0.05) is 18.2 Å². The molecule has 3 rings (SSSR count). The number of imidazole rings is 1. The molecular weight excluding hydrogens is 347 g/mol. The van der Waals surface area contributed by atoms with Crippen molar-refractivity contribution in [2.75, 3.05) is 0 Å². The Labute approximate surface area is 130 Å². The van der Waals surface area contributed by atoms with Crippen LogP contribution in [0.25, 0.3) is 16.7 Å². The Morgan fingerprint density at radius 1 is 0.947 bits per heavy atom. The fraction of sp³-hybridized carbons (Fsp3) is 0.188. The number of nitrogens with zero attached hydrogens (tertiary/aromatic N) is 2. The largest absolute Gasteiger partial charge is 1.00 e. The Morgan fingerprint density at radius 3 is 2.26 bits per heavy atom. The molecule has 0 fully saturated rings. The molecule has 0 aliphatic carbocycles. The van der Waals surface area contributed by atoms with Crippen molar-refractivity contribution < 1.29 is 28.5 Å². The molecule has 98 valence electrons. The van der Waals surface area contributed by atoms with Crippen molar-refractivity contribution in [3.05, 3.63) is 59.9 Å². The summed E-state index contributed by atoms with van der Waals surface area (Å²) in [6.45, 7) is 4.33. The van der Waals surface area contributed by atoms with E-state index in [1.807, 2.05) is 6.07 Å². The van der Waals surface area contributed by atoms with Gasteiger partial charge in [0.15, 0.2) is 11.0 Å². The highest BCUT2D eigenvalue weighted by Crippen LogP contribution is 2.20. The van der Waals surface area contributed by atoms with Crippen LogP contribution in [0, 0.1) is 13.8 Å². The smallest absolute Gasteiger partial charge is 0.249 e. The SMILES string of the molecule is Cc1cc2c(cc1C)[n+](C)cn2-c1ccccc1.[I-]. The van der Waals surface area contributed by atoms with Crippen molar-refractivity contribution in [2.24, 2.45) is 7.05 Å². The summed E-state index contributed by atoms with van der Waals surface area (Å²) in [5.74, 6) is 0. The van der Waals surface area contributed by atoms with Crippen LogP contribution in [0.4, 0.5) is 0 Å². The van der Waals surface area contributed by atoms with Crippen LogP contribution < -0.4 is 28.5 Å². The first kappa shape index (κ1) is 14.1. The fourth-order valence-corrected chi connectivity index (χ4v) is 2.35. The second kappa shape index (κ2) is 5.33. The van der Waals surface area contributed by atoms with E-state index in [-0.39, 0.29) is 24.0 Å². The van der Waals surface area contributed by atoms with E-state index in [1.165, 1.54) is 27.8 Å². The van der Waals surface area contributed by atoms with Crippen molar-refractivity contribution in [3.63, 3.8) is 0 Å². The highest BCUT2D eigenvalue weighted by molar-refractivity contribution is 5.76. The minimum atomic E-state index is 0. The molecule has 0 unspecified atom stereocenters. The van der Waals surface area contributed by atoms with Crippen LogP contribution >= 0.6 is 0 Å². The van der Waals surface area contributed by atoms with Crippen molar-refractivity contribution in [3.8, 4) is 5.69 Å². The minimum absolute atomic E-state index is 0. The molecular formula is C16H17IN2. The van der Waals surface area contributed by atoms with Gasteiger partial charge in [-0.25, -0.2) is 4.57 Å². The maximum Gasteiger partial charge on any atom is 0.249 e. The van der Waals surface area contributed by atoms with Crippen LogP contribution in [0.15, 0.2) is 48.8 Å². The van der Waals surface area contributed by atoms with Crippen molar-refractivity contribution in [1.29, 1.82) is 0 Å². The predicted octanol–water partition coefficient (Wildman–Crippen LogP) is 0.0758. The van der Waals surface area contributed by atoms with Gasteiger partial charge in [-0.3, -0.25) is 0 Å². The van der Waals surface area contributed by atoms with Crippen LogP contribution in [0.2, 0.25) is 0 Å². The van der Waals surface area contributed by atoms with Gasteiger partial charge in [0.1, 0.15) is 5.69 Å². The number of para-hydroxylation sites is 1. The summed E-state index contributed by atoms with van der Waals surface area (Å²) in [6.07, 6.45) is 2.14. The van der Waals surface area contributed by atoms with Crippen LogP contribution in [-0.2, 0) is 7.05 Å². The molecule has 0 radical (unpaired) electrons. The molecule has 2 aromatic carbocycles. The Balaban J connectivity index is 0.00000133. The summed E-state index contributed by atoms with van der Waals surface area (Å²) in [6, 6.07) is 15.0. The summed E-state index contributed by atoms with van der Waals surface area (Å²) < 4.78 is 4.41. The number of benzene rings is 2. The van der Waals surface area contributed by atoms with Gasteiger partial charge < -0.3 is 24.0 Å². The van der Waals surface area contributed by atoms with Gasteiger partial charge >= 0.3 is 0 Å². The van der Waals surface area contributed by atoms with E-state index in [1.54, 1.807) is 0 Å². The quantitative estimate of drug-likeness (QED) is 0.427. The topological polar surface area (TPSA) is 8.81 Å². The summed E-state index contributed by atoms with van der Waals surface area (Å²) >= 11 is 0. The summed E-state index contributed by atoms with van der Waals surface area (Å²) in [4.78, 5) is 0. The highest BCUT2D eigenvalue weighted by Gasteiger charge is 2.15. The molecule has 19 heavy (non-hydrogen) atoms. The summed E-state index contributed by atoms with van der Waals surface area (Å²) in [7, 11) is 2.09. The van der Waals surface area contributed by atoms with E-state index < -0.39 is 0 Å². The second-order valence-electron chi connectivity index (χ2n) is 4.86. The first-order chi connectivity index (χ1) is 8.66. The van der Waals surface area contributed by atoms with E-state index >= 15 is 0 Å². The molecule has 0 bridgehead atoms. The highest BCUT2D eigenvalue weighted by atomic mass is 127. The van der Waals surface area contributed by atoms with Gasteiger partial charge in [0.25, 0.3) is 0 Å². The third kappa shape index (κ3) is 2.39. The molecule has 0 atom stereocenters. The Bertz CT molecular complexity index is 714. The number of aromatic nitrogens is 2. The number of rotatable bonds is 1. The number of halogens is 1. The lowest BCUT2D eigenvalue weighted by molar-refractivity contribution is -0.645. The average molecular weight is 364 g/mol. The molecule has 3 aromatic rings. The Morgan fingerprint density at radius 2 is 1.58 bits per heavy atom. The number of aryl methyl sites for hydroxylation is 3. The van der Waals surface area contributed by atoms with Gasteiger partial charge in [-0.05, 0) is 49.2 Å². The lowest BCUT2D eigenvalue weighted by atomic mass is 10.1. The zero-order valence-corrected chi connectivity index (χ0v) is 13.5. The number of hydrogen-bond donors (Lipinski definition) is 0. The molecule has 2 nitrogen and oxygen atoms in total. The van der Waals surface area contributed by atoms with E-state index in [0.717, 1.165) is 0 Å². The van der Waals surface area contributed by atoms with Gasteiger partial charge in [0.2, 0.25) is 6.33 Å².